The summed E-state index contributed by atoms with van der Waals surface area (Å²) in [4.78, 5) is 31.0. The summed E-state index contributed by atoms with van der Waals surface area (Å²) < 4.78 is 11.2. The first-order valence-corrected chi connectivity index (χ1v) is 11.9. The zero-order chi connectivity index (χ0) is 21.2. The van der Waals surface area contributed by atoms with E-state index in [2.05, 4.69) is 9.80 Å². The molecule has 0 aromatic heterocycles. The molecule has 7 heteroatoms. The summed E-state index contributed by atoms with van der Waals surface area (Å²) in [7, 11) is 0. The number of piperazine rings is 1. The first-order chi connectivity index (χ1) is 15.2. The van der Waals surface area contributed by atoms with Crippen LogP contribution in [0, 0.1) is 5.92 Å². The first kappa shape index (κ1) is 20.6. The lowest BCUT2D eigenvalue weighted by molar-refractivity contribution is -0.139. The van der Waals surface area contributed by atoms with Crippen LogP contribution in [0.5, 0.6) is 5.75 Å². The van der Waals surface area contributed by atoms with Crippen LogP contribution < -0.4 is 9.64 Å². The van der Waals surface area contributed by atoms with E-state index in [1.807, 2.05) is 24.3 Å². The van der Waals surface area contributed by atoms with Crippen molar-refractivity contribution in [2.45, 2.75) is 57.1 Å². The molecule has 0 spiro atoms. The maximum absolute atomic E-state index is 13.0. The quantitative estimate of drug-likeness (QED) is 0.722. The van der Waals surface area contributed by atoms with E-state index < -0.39 is 0 Å². The molecule has 31 heavy (non-hydrogen) atoms. The number of carbonyl (C=O) groups excluding carboxylic acids is 2. The summed E-state index contributed by atoms with van der Waals surface area (Å²) in [6.07, 6.45) is 7.55. The molecule has 4 aliphatic rings. The van der Waals surface area contributed by atoms with Gasteiger partial charge in [-0.2, -0.15) is 0 Å². The van der Waals surface area contributed by atoms with Crippen molar-refractivity contribution >= 4 is 17.7 Å². The van der Waals surface area contributed by atoms with Gasteiger partial charge in [-0.15, -0.1) is 0 Å². The van der Waals surface area contributed by atoms with Gasteiger partial charge in [-0.1, -0.05) is 6.42 Å². The van der Waals surface area contributed by atoms with Crippen molar-refractivity contribution in [1.82, 2.24) is 9.80 Å². The van der Waals surface area contributed by atoms with Crippen LogP contribution in [0.1, 0.15) is 44.9 Å². The average Bonchev–Trinajstić information content (AvgIpc) is 3.20. The molecule has 0 unspecified atom stereocenters. The number of benzene rings is 1. The normalized spacial score (nSPS) is 27.7. The second-order valence-electron chi connectivity index (χ2n) is 9.30. The lowest BCUT2D eigenvalue weighted by atomic mass is 9.86. The minimum absolute atomic E-state index is 0.152. The van der Waals surface area contributed by atoms with E-state index in [-0.39, 0.29) is 18.1 Å². The smallest absolute Gasteiger partial charge is 0.414 e. The van der Waals surface area contributed by atoms with Gasteiger partial charge < -0.3 is 14.4 Å². The molecule has 7 nitrogen and oxygen atoms in total. The summed E-state index contributed by atoms with van der Waals surface area (Å²) in [6.45, 7) is 4.90. The predicted molar refractivity (Wildman–Crippen MR) is 117 cm³/mol. The van der Waals surface area contributed by atoms with E-state index in [1.165, 1.54) is 19.3 Å². The summed E-state index contributed by atoms with van der Waals surface area (Å²) in [6, 6.07) is 8.42. The first-order valence-electron chi connectivity index (χ1n) is 11.9. The van der Waals surface area contributed by atoms with Crippen molar-refractivity contribution in [3.63, 3.8) is 0 Å². The van der Waals surface area contributed by atoms with E-state index in [9.17, 15) is 9.59 Å². The molecule has 2 saturated carbocycles. The molecular formula is C24H33N3O4. The third-order valence-corrected chi connectivity index (χ3v) is 7.45. The number of hydrogen-bond acceptors (Lipinski definition) is 5. The molecule has 2 aliphatic carbocycles. The second kappa shape index (κ2) is 9.07. The number of amides is 2. The Morgan fingerprint density at radius 3 is 2.19 bits per heavy atom. The molecule has 0 bridgehead atoms. The Bertz CT molecular complexity index is 779. The molecule has 0 radical (unpaired) electrons. The second-order valence-corrected chi connectivity index (χ2v) is 9.30. The fourth-order valence-electron chi connectivity index (χ4n) is 5.27. The van der Waals surface area contributed by atoms with E-state index in [4.69, 9.17) is 9.47 Å². The van der Waals surface area contributed by atoms with Crippen molar-refractivity contribution < 1.29 is 19.1 Å². The number of anilines is 1. The number of nitrogens with zero attached hydrogens (tertiary/aromatic N) is 3. The Hall–Kier alpha value is -2.28. The SMILES string of the molecule is O=C1OCCN1c1ccc(O[C@H]2CC[C@H](C(=O)N3CCN(C4CCC4)CC3)CC2)cc1. The molecule has 0 atom stereocenters. The van der Waals surface area contributed by atoms with Gasteiger partial charge >= 0.3 is 6.09 Å². The number of ether oxygens (including phenoxy) is 2. The third kappa shape index (κ3) is 4.52. The monoisotopic (exact) mass is 427 g/mol. The van der Waals surface area contributed by atoms with Crippen LogP contribution in [0.3, 0.4) is 0 Å². The standard InChI is InChI=1S/C24H33N3O4/c28-23(26-14-12-25(13-15-26)19-2-1-3-19)18-4-8-21(9-5-18)31-22-10-6-20(7-11-22)27-16-17-30-24(27)29/h6-7,10-11,18-19,21H,1-5,8-9,12-17H2/t18-,21-. The van der Waals surface area contributed by atoms with Crippen LogP contribution in [-0.4, -0.2) is 73.3 Å². The van der Waals surface area contributed by atoms with E-state index in [0.29, 0.717) is 19.1 Å². The lowest BCUT2D eigenvalue weighted by Crippen LogP contribution is -2.54. The number of carbonyl (C=O) groups is 2. The Morgan fingerprint density at radius 2 is 1.61 bits per heavy atom. The van der Waals surface area contributed by atoms with Crippen molar-refractivity contribution in [3.05, 3.63) is 24.3 Å². The maximum Gasteiger partial charge on any atom is 0.414 e. The Kier molecular flexibility index (Phi) is 6.03. The molecule has 1 aromatic carbocycles. The highest BCUT2D eigenvalue weighted by molar-refractivity contribution is 5.89. The zero-order valence-electron chi connectivity index (χ0n) is 18.2. The zero-order valence-corrected chi connectivity index (χ0v) is 18.2. The number of rotatable bonds is 5. The van der Waals surface area contributed by atoms with E-state index in [0.717, 1.165) is 69.3 Å². The molecule has 5 rings (SSSR count). The van der Waals surface area contributed by atoms with Gasteiger partial charge in [0, 0.05) is 43.8 Å². The van der Waals surface area contributed by atoms with Crippen LogP contribution in [-0.2, 0) is 9.53 Å². The van der Waals surface area contributed by atoms with Gasteiger partial charge in [0.2, 0.25) is 5.91 Å². The molecule has 2 saturated heterocycles. The van der Waals surface area contributed by atoms with Crippen LogP contribution in [0.4, 0.5) is 10.5 Å². The summed E-state index contributed by atoms with van der Waals surface area (Å²) >= 11 is 0. The van der Waals surface area contributed by atoms with Gasteiger partial charge in [-0.25, -0.2) is 4.79 Å². The van der Waals surface area contributed by atoms with Crippen molar-refractivity contribution in [3.8, 4) is 5.75 Å². The molecule has 168 valence electrons. The lowest BCUT2D eigenvalue weighted by Gasteiger charge is -2.43. The van der Waals surface area contributed by atoms with Gasteiger partial charge in [0.25, 0.3) is 0 Å². The highest BCUT2D eigenvalue weighted by Crippen LogP contribution is 2.31. The summed E-state index contributed by atoms with van der Waals surface area (Å²) in [5, 5.41) is 0. The van der Waals surface area contributed by atoms with Crippen molar-refractivity contribution in [2.24, 2.45) is 5.92 Å². The molecule has 0 N–H and O–H groups in total. The molecule has 1 aromatic rings. The molecule has 2 amide bonds. The Labute approximate surface area is 184 Å². The van der Waals surface area contributed by atoms with Crippen LogP contribution in [0.2, 0.25) is 0 Å². The van der Waals surface area contributed by atoms with Crippen LogP contribution >= 0.6 is 0 Å². The Balaban J connectivity index is 1.06. The highest BCUT2D eigenvalue weighted by atomic mass is 16.6. The molecule has 4 fully saturated rings. The minimum Gasteiger partial charge on any atom is -0.490 e. The molecular weight excluding hydrogens is 394 g/mol. The molecule has 2 aliphatic heterocycles. The number of cyclic esters (lactones) is 1. The van der Waals surface area contributed by atoms with Gasteiger partial charge in [-0.3, -0.25) is 14.6 Å². The average molecular weight is 428 g/mol. The molecule has 2 heterocycles. The predicted octanol–water partition coefficient (Wildman–Crippen LogP) is 3.28. The summed E-state index contributed by atoms with van der Waals surface area (Å²) in [5.41, 5.74) is 0.835. The highest BCUT2D eigenvalue weighted by Gasteiger charge is 2.34. The van der Waals surface area contributed by atoms with Gasteiger partial charge in [0.1, 0.15) is 12.4 Å². The largest absolute Gasteiger partial charge is 0.490 e. The van der Waals surface area contributed by atoms with Crippen molar-refractivity contribution in [1.29, 1.82) is 0 Å². The summed E-state index contributed by atoms with van der Waals surface area (Å²) in [5.74, 6) is 1.32. The minimum atomic E-state index is -0.291. The topological polar surface area (TPSA) is 62.3 Å². The third-order valence-electron chi connectivity index (χ3n) is 7.45. The van der Waals surface area contributed by atoms with Crippen molar-refractivity contribution in [2.75, 3.05) is 44.2 Å². The van der Waals surface area contributed by atoms with E-state index in [1.54, 1.807) is 4.90 Å². The van der Waals surface area contributed by atoms with Gasteiger partial charge in [0.05, 0.1) is 12.6 Å². The van der Waals surface area contributed by atoms with Crippen LogP contribution in [0.15, 0.2) is 24.3 Å². The van der Waals surface area contributed by atoms with Gasteiger partial charge in [-0.05, 0) is 62.8 Å². The fourth-order valence-corrected chi connectivity index (χ4v) is 5.27. The number of hydrogen-bond donors (Lipinski definition) is 0. The van der Waals surface area contributed by atoms with Crippen LogP contribution in [0.25, 0.3) is 0 Å². The van der Waals surface area contributed by atoms with E-state index >= 15 is 0 Å². The maximum atomic E-state index is 13.0. The van der Waals surface area contributed by atoms with Gasteiger partial charge in [0.15, 0.2) is 0 Å². The fraction of sp³-hybridized carbons (Fsp3) is 0.667. The Morgan fingerprint density at radius 1 is 0.903 bits per heavy atom.